The lowest BCUT2D eigenvalue weighted by Crippen LogP contribution is -2.26. The minimum Gasteiger partial charge on any atom is -0.493 e. The van der Waals surface area contributed by atoms with Gasteiger partial charge < -0.3 is 10.1 Å². The van der Waals surface area contributed by atoms with Crippen LogP contribution in [0.4, 0.5) is 0 Å². The SMILES string of the molecule is CCCNC(CC(C)C)c1c(OC)cnn1CCC. The Morgan fingerprint density at radius 2 is 2.05 bits per heavy atom. The summed E-state index contributed by atoms with van der Waals surface area (Å²) in [6.07, 6.45) is 5.16. The average Bonchev–Trinajstić information content (AvgIpc) is 2.77. The third-order valence-electron chi connectivity index (χ3n) is 3.18. The number of nitrogens with zero attached hydrogens (tertiary/aromatic N) is 2. The molecule has 0 radical (unpaired) electrons. The number of nitrogens with one attached hydrogen (secondary N) is 1. The van der Waals surface area contributed by atoms with Crippen molar-refractivity contribution >= 4 is 0 Å². The standard InChI is InChI=1S/C15H29N3O/c1-6-8-16-13(10-12(3)4)15-14(19-5)11-17-18(15)9-7-2/h11-13,16H,6-10H2,1-5H3. The van der Waals surface area contributed by atoms with Crippen molar-refractivity contribution in [2.24, 2.45) is 5.92 Å². The minimum absolute atomic E-state index is 0.323. The van der Waals surface area contributed by atoms with Crippen LogP contribution in [0, 0.1) is 5.92 Å². The van der Waals surface area contributed by atoms with Crippen molar-refractivity contribution in [3.8, 4) is 5.75 Å². The molecule has 0 bridgehead atoms. The molecular formula is C15H29N3O. The highest BCUT2D eigenvalue weighted by molar-refractivity contribution is 5.28. The second-order valence-corrected chi connectivity index (χ2v) is 5.46. The van der Waals surface area contributed by atoms with Gasteiger partial charge in [-0.3, -0.25) is 4.68 Å². The third-order valence-corrected chi connectivity index (χ3v) is 3.18. The zero-order valence-electron chi connectivity index (χ0n) is 13.1. The Labute approximate surface area is 117 Å². The number of hydrogen-bond donors (Lipinski definition) is 1. The Balaban J connectivity index is 2.99. The maximum absolute atomic E-state index is 5.49. The molecule has 1 rings (SSSR count). The number of aryl methyl sites for hydroxylation is 1. The van der Waals surface area contributed by atoms with Gasteiger partial charge >= 0.3 is 0 Å². The highest BCUT2D eigenvalue weighted by atomic mass is 16.5. The molecule has 1 unspecified atom stereocenters. The number of ether oxygens (including phenoxy) is 1. The second-order valence-electron chi connectivity index (χ2n) is 5.46. The van der Waals surface area contributed by atoms with Crippen molar-refractivity contribution in [1.29, 1.82) is 0 Å². The summed E-state index contributed by atoms with van der Waals surface area (Å²) >= 11 is 0. The predicted octanol–water partition coefficient (Wildman–Crippen LogP) is 3.39. The molecule has 1 N–H and O–H groups in total. The topological polar surface area (TPSA) is 39.1 Å². The van der Waals surface area contributed by atoms with Gasteiger partial charge in [0, 0.05) is 6.54 Å². The van der Waals surface area contributed by atoms with Crippen molar-refractivity contribution < 1.29 is 4.74 Å². The third kappa shape index (κ3) is 4.53. The summed E-state index contributed by atoms with van der Waals surface area (Å²) in [5.41, 5.74) is 1.20. The summed E-state index contributed by atoms with van der Waals surface area (Å²) in [7, 11) is 1.73. The fraction of sp³-hybridized carbons (Fsp3) is 0.800. The Morgan fingerprint density at radius 3 is 2.58 bits per heavy atom. The molecule has 1 atom stereocenters. The molecule has 0 aliphatic carbocycles. The van der Waals surface area contributed by atoms with E-state index < -0.39 is 0 Å². The summed E-state index contributed by atoms with van der Waals surface area (Å²) in [5.74, 6) is 1.55. The summed E-state index contributed by atoms with van der Waals surface area (Å²) in [6.45, 7) is 10.9. The van der Waals surface area contributed by atoms with Crippen LogP contribution in [0.2, 0.25) is 0 Å². The lowest BCUT2D eigenvalue weighted by atomic mass is 10.0. The van der Waals surface area contributed by atoms with E-state index in [1.807, 2.05) is 6.20 Å². The molecule has 1 heterocycles. The summed E-state index contributed by atoms with van der Waals surface area (Å²) < 4.78 is 7.58. The highest BCUT2D eigenvalue weighted by Gasteiger charge is 2.22. The number of methoxy groups -OCH3 is 1. The molecule has 1 aromatic rings. The van der Waals surface area contributed by atoms with E-state index in [0.717, 1.165) is 38.1 Å². The fourth-order valence-electron chi connectivity index (χ4n) is 2.36. The zero-order valence-corrected chi connectivity index (χ0v) is 13.1. The molecule has 4 nitrogen and oxygen atoms in total. The molecular weight excluding hydrogens is 238 g/mol. The van der Waals surface area contributed by atoms with Crippen LogP contribution in [-0.4, -0.2) is 23.4 Å². The first-order chi connectivity index (χ1) is 9.13. The molecule has 0 aliphatic rings. The maximum atomic E-state index is 5.49. The molecule has 19 heavy (non-hydrogen) atoms. The van der Waals surface area contributed by atoms with E-state index >= 15 is 0 Å². The van der Waals surface area contributed by atoms with Gasteiger partial charge in [0.05, 0.1) is 25.0 Å². The van der Waals surface area contributed by atoms with E-state index in [0.29, 0.717) is 12.0 Å². The molecule has 0 aliphatic heterocycles. The molecule has 0 spiro atoms. The number of hydrogen-bond acceptors (Lipinski definition) is 3. The van der Waals surface area contributed by atoms with E-state index in [-0.39, 0.29) is 0 Å². The first-order valence-corrected chi connectivity index (χ1v) is 7.47. The second kappa shape index (κ2) is 8.20. The van der Waals surface area contributed by atoms with Gasteiger partial charge in [-0.25, -0.2) is 0 Å². The van der Waals surface area contributed by atoms with Crippen LogP contribution in [0.15, 0.2) is 6.20 Å². The van der Waals surface area contributed by atoms with Gasteiger partial charge in [0.2, 0.25) is 0 Å². The van der Waals surface area contributed by atoms with Gasteiger partial charge in [-0.1, -0.05) is 27.7 Å². The first kappa shape index (κ1) is 16.0. The van der Waals surface area contributed by atoms with Gasteiger partial charge in [0.1, 0.15) is 0 Å². The predicted molar refractivity (Wildman–Crippen MR) is 79.6 cm³/mol. The number of aromatic nitrogens is 2. The van der Waals surface area contributed by atoms with Crippen LogP contribution in [0.1, 0.15) is 58.7 Å². The molecule has 0 fully saturated rings. The molecule has 1 aromatic heterocycles. The molecule has 0 amide bonds. The van der Waals surface area contributed by atoms with Crippen molar-refractivity contribution in [1.82, 2.24) is 15.1 Å². The summed E-state index contributed by atoms with van der Waals surface area (Å²) in [4.78, 5) is 0. The van der Waals surface area contributed by atoms with E-state index in [4.69, 9.17) is 4.74 Å². The fourth-order valence-corrected chi connectivity index (χ4v) is 2.36. The Kier molecular flexibility index (Phi) is 6.92. The van der Waals surface area contributed by atoms with Crippen molar-refractivity contribution in [2.75, 3.05) is 13.7 Å². The van der Waals surface area contributed by atoms with Crippen LogP contribution >= 0.6 is 0 Å². The van der Waals surface area contributed by atoms with Crippen molar-refractivity contribution in [3.05, 3.63) is 11.9 Å². The van der Waals surface area contributed by atoms with Gasteiger partial charge in [0.25, 0.3) is 0 Å². The molecule has 0 aromatic carbocycles. The lowest BCUT2D eigenvalue weighted by molar-refractivity contribution is 0.365. The van der Waals surface area contributed by atoms with Crippen LogP contribution in [0.3, 0.4) is 0 Å². The van der Waals surface area contributed by atoms with Gasteiger partial charge in [-0.2, -0.15) is 5.10 Å². The quantitative estimate of drug-likeness (QED) is 0.745. The molecule has 110 valence electrons. The van der Waals surface area contributed by atoms with Crippen LogP contribution in [0.25, 0.3) is 0 Å². The summed E-state index contributed by atoms with van der Waals surface area (Å²) in [5, 5.41) is 8.10. The van der Waals surface area contributed by atoms with Crippen LogP contribution in [0.5, 0.6) is 5.75 Å². The van der Waals surface area contributed by atoms with Gasteiger partial charge in [0.15, 0.2) is 5.75 Å². The Morgan fingerprint density at radius 1 is 1.32 bits per heavy atom. The normalized spacial score (nSPS) is 12.9. The van der Waals surface area contributed by atoms with Crippen molar-refractivity contribution in [2.45, 2.75) is 59.5 Å². The molecule has 0 saturated heterocycles. The summed E-state index contributed by atoms with van der Waals surface area (Å²) in [6, 6.07) is 0.323. The number of rotatable bonds is 9. The Bertz CT molecular complexity index is 360. The first-order valence-electron chi connectivity index (χ1n) is 7.47. The maximum Gasteiger partial charge on any atom is 0.161 e. The van der Waals surface area contributed by atoms with Crippen molar-refractivity contribution in [3.63, 3.8) is 0 Å². The monoisotopic (exact) mass is 267 g/mol. The van der Waals surface area contributed by atoms with Crippen LogP contribution in [-0.2, 0) is 6.54 Å². The van der Waals surface area contributed by atoms with E-state index in [1.165, 1.54) is 5.69 Å². The zero-order chi connectivity index (χ0) is 14.3. The van der Waals surface area contributed by atoms with Crippen LogP contribution < -0.4 is 10.1 Å². The lowest BCUT2D eigenvalue weighted by Gasteiger charge is -2.22. The highest BCUT2D eigenvalue weighted by Crippen LogP contribution is 2.29. The van der Waals surface area contributed by atoms with E-state index in [1.54, 1.807) is 7.11 Å². The minimum atomic E-state index is 0.323. The van der Waals surface area contributed by atoms with E-state index in [2.05, 4.69) is 42.8 Å². The average molecular weight is 267 g/mol. The molecule has 4 heteroatoms. The largest absolute Gasteiger partial charge is 0.493 e. The Hall–Kier alpha value is -1.03. The van der Waals surface area contributed by atoms with E-state index in [9.17, 15) is 0 Å². The van der Waals surface area contributed by atoms with Gasteiger partial charge in [-0.15, -0.1) is 0 Å². The molecule has 0 saturated carbocycles. The smallest absolute Gasteiger partial charge is 0.161 e. The van der Waals surface area contributed by atoms with Gasteiger partial charge in [-0.05, 0) is 31.7 Å².